The molecule has 4 fully saturated rings. The zero-order chi connectivity index (χ0) is 32.2. The van der Waals surface area contributed by atoms with Gasteiger partial charge in [0.1, 0.15) is 12.1 Å². The quantitative estimate of drug-likeness (QED) is 0.227. The van der Waals surface area contributed by atoms with Crippen LogP contribution in [0, 0.1) is 17.8 Å². The predicted molar refractivity (Wildman–Crippen MR) is 159 cm³/mol. The number of hydrogen-bond acceptors (Lipinski definition) is 6. The molecule has 1 saturated carbocycles. The maximum atomic E-state index is 15.3. The molecule has 0 aromatic heterocycles. The zero-order valence-corrected chi connectivity index (χ0v) is 25.8. The Morgan fingerprint density at radius 3 is 2.59 bits per heavy atom. The summed E-state index contributed by atoms with van der Waals surface area (Å²) in [4.78, 5) is 53.7. The minimum Gasteiger partial charge on any atom is -0.461 e. The Morgan fingerprint density at radius 1 is 1.23 bits per heavy atom. The van der Waals surface area contributed by atoms with Crippen molar-refractivity contribution in [3.8, 4) is 0 Å². The van der Waals surface area contributed by atoms with Crippen molar-refractivity contribution >= 4 is 41.0 Å². The molecular weight excluding hydrogens is 601 g/mol. The topological polar surface area (TPSA) is 117 Å². The van der Waals surface area contributed by atoms with E-state index in [0.29, 0.717) is 36.5 Å². The van der Waals surface area contributed by atoms with Gasteiger partial charge in [-0.2, -0.15) is 4.39 Å². The van der Waals surface area contributed by atoms with Gasteiger partial charge in [0.2, 0.25) is 23.5 Å². The largest absolute Gasteiger partial charge is 0.461 e. The number of halogens is 4. The summed E-state index contributed by atoms with van der Waals surface area (Å²) in [6, 6.07) is 2.33. The van der Waals surface area contributed by atoms with E-state index < -0.39 is 72.0 Å². The molecule has 1 aliphatic carbocycles. The van der Waals surface area contributed by atoms with E-state index in [0.717, 1.165) is 6.08 Å². The fraction of sp³-hybridized carbons (Fsp3) is 0.613. The van der Waals surface area contributed by atoms with Crippen LogP contribution >= 0.6 is 11.6 Å². The molecule has 1 aromatic carbocycles. The molecule has 0 spiro atoms. The summed E-state index contributed by atoms with van der Waals surface area (Å²) in [6.45, 7) is 5.67. The minimum atomic E-state index is -3.21. The first-order valence-corrected chi connectivity index (χ1v) is 15.5. The summed E-state index contributed by atoms with van der Waals surface area (Å²) >= 11 is 6.14. The lowest BCUT2D eigenvalue weighted by Crippen LogP contribution is -2.70. The molecule has 13 heteroatoms. The average Bonchev–Trinajstić information content (AvgIpc) is 3.35. The first-order valence-electron chi connectivity index (χ1n) is 15.1. The molecule has 0 radical (unpaired) electrons. The first kappa shape index (κ1) is 33.6. The van der Waals surface area contributed by atoms with E-state index in [4.69, 9.17) is 16.3 Å². The van der Waals surface area contributed by atoms with E-state index in [1.165, 1.54) is 11.8 Å². The van der Waals surface area contributed by atoms with Crippen molar-refractivity contribution < 1.29 is 37.1 Å². The van der Waals surface area contributed by atoms with Crippen molar-refractivity contribution in [2.45, 2.75) is 89.4 Å². The van der Waals surface area contributed by atoms with Crippen LogP contribution in [0.4, 0.5) is 18.9 Å². The van der Waals surface area contributed by atoms with Gasteiger partial charge in [0.05, 0.1) is 18.6 Å². The second-order valence-corrected chi connectivity index (χ2v) is 12.6. The van der Waals surface area contributed by atoms with Gasteiger partial charge < -0.3 is 25.6 Å². The molecule has 3 aliphatic heterocycles. The Bertz CT molecular complexity index is 1280. The standard InChI is InChI=1S/C31H40ClF3N4O5/c1-4-44-30(43)24(33)15-21(13-18-10-11-36-27(18)40)38-28(41)26-23-9-8-22(16-31(23,34)35)39(26)29(42)25(12-17(2)3)37-20-7-5-6-19(32)14-20/h5-7,14-15,17-18,21-23,25-26,37H,4,8-13,16H2,1-3H3,(H,36,40)(H,38,41)/b24-15-/t18-,21+,22+,23+,25-,26-/m1/s1. The van der Waals surface area contributed by atoms with Gasteiger partial charge in [0.25, 0.3) is 5.92 Å². The van der Waals surface area contributed by atoms with Crippen LogP contribution in [0.3, 0.4) is 0 Å². The van der Waals surface area contributed by atoms with Gasteiger partial charge in [0.15, 0.2) is 0 Å². The Kier molecular flexibility index (Phi) is 10.9. The Hall–Kier alpha value is -3.28. The normalized spacial score (nSPS) is 25.8. The van der Waals surface area contributed by atoms with Gasteiger partial charge in [0, 0.05) is 35.6 Å². The van der Waals surface area contributed by atoms with E-state index in [2.05, 4.69) is 16.0 Å². The highest BCUT2D eigenvalue weighted by Gasteiger charge is 2.61. The van der Waals surface area contributed by atoms with E-state index in [1.54, 1.807) is 24.3 Å². The SMILES string of the molecule is CCOC(=O)/C(F)=C/[C@H](C[C@H]1CCNC1=O)NC(=O)[C@H]1[C@@H]2CC[C@@H](CC2(F)F)N1C(=O)[C@@H](CC(C)C)Nc1cccc(Cl)c1. The molecule has 6 atom stereocenters. The van der Waals surface area contributed by atoms with Gasteiger partial charge in [-0.3, -0.25) is 14.4 Å². The molecule has 44 heavy (non-hydrogen) atoms. The van der Waals surface area contributed by atoms with Crippen LogP contribution in [-0.4, -0.2) is 71.8 Å². The highest BCUT2D eigenvalue weighted by atomic mass is 35.5. The third-order valence-corrected chi connectivity index (χ3v) is 8.71. The van der Waals surface area contributed by atoms with Crippen molar-refractivity contribution in [1.29, 1.82) is 0 Å². The predicted octanol–water partition coefficient (Wildman–Crippen LogP) is 4.61. The molecule has 3 heterocycles. The van der Waals surface area contributed by atoms with E-state index >= 15 is 8.78 Å². The maximum absolute atomic E-state index is 15.3. The molecule has 9 nitrogen and oxygen atoms in total. The van der Waals surface area contributed by atoms with Crippen LogP contribution < -0.4 is 16.0 Å². The smallest absolute Gasteiger partial charge is 0.366 e. The van der Waals surface area contributed by atoms with Crippen LogP contribution in [-0.2, 0) is 23.9 Å². The summed E-state index contributed by atoms with van der Waals surface area (Å²) < 4.78 is 50.1. The number of carbonyl (C=O) groups excluding carboxylic acids is 4. The Labute approximate surface area is 260 Å². The highest BCUT2D eigenvalue weighted by molar-refractivity contribution is 6.30. The molecule has 3 N–H and O–H groups in total. The lowest BCUT2D eigenvalue weighted by Gasteiger charge is -2.54. The molecule has 242 valence electrons. The Balaban J connectivity index is 1.65. The summed E-state index contributed by atoms with van der Waals surface area (Å²) in [5.74, 6) is -9.42. The molecule has 4 aliphatic rings. The molecule has 3 saturated heterocycles. The monoisotopic (exact) mass is 640 g/mol. The minimum absolute atomic E-state index is 0.0266. The lowest BCUT2D eigenvalue weighted by atomic mass is 9.71. The number of fused-ring (bicyclic) bond motifs is 3. The highest BCUT2D eigenvalue weighted by Crippen LogP contribution is 2.49. The van der Waals surface area contributed by atoms with Crippen molar-refractivity contribution in [3.05, 3.63) is 41.2 Å². The summed E-state index contributed by atoms with van der Waals surface area (Å²) in [5.41, 5.74) is 0.569. The van der Waals surface area contributed by atoms with Crippen LogP contribution in [0.25, 0.3) is 0 Å². The second-order valence-electron chi connectivity index (χ2n) is 12.2. The van der Waals surface area contributed by atoms with Crippen LogP contribution in [0.5, 0.6) is 0 Å². The van der Waals surface area contributed by atoms with Crippen molar-refractivity contribution in [2.75, 3.05) is 18.5 Å². The van der Waals surface area contributed by atoms with Gasteiger partial charge in [-0.05, 0) is 69.2 Å². The second kappa shape index (κ2) is 14.2. The number of alkyl halides is 2. The van der Waals surface area contributed by atoms with Gasteiger partial charge in [-0.15, -0.1) is 0 Å². The number of benzene rings is 1. The summed E-state index contributed by atoms with van der Waals surface area (Å²) in [7, 11) is 0. The molecular formula is C31H40ClF3N4O5. The zero-order valence-electron chi connectivity index (χ0n) is 25.1. The van der Waals surface area contributed by atoms with Crippen molar-refractivity contribution in [1.82, 2.24) is 15.5 Å². The Morgan fingerprint density at radius 2 is 1.98 bits per heavy atom. The third-order valence-electron chi connectivity index (χ3n) is 8.48. The summed E-state index contributed by atoms with van der Waals surface area (Å²) in [6.07, 6.45) is 1.32. The number of nitrogens with one attached hydrogen (secondary N) is 3. The van der Waals surface area contributed by atoms with E-state index in [9.17, 15) is 23.6 Å². The number of anilines is 1. The number of nitrogens with zero attached hydrogens (tertiary/aromatic N) is 1. The fourth-order valence-corrected chi connectivity index (χ4v) is 6.72. The van der Waals surface area contributed by atoms with E-state index in [-0.39, 0.29) is 31.3 Å². The molecule has 1 aromatic rings. The van der Waals surface area contributed by atoms with Crippen LogP contribution in [0.2, 0.25) is 5.02 Å². The van der Waals surface area contributed by atoms with Crippen molar-refractivity contribution in [3.63, 3.8) is 0 Å². The third kappa shape index (κ3) is 7.86. The molecule has 5 rings (SSSR count). The molecule has 2 bridgehead atoms. The fourth-order valence-electron chi connectivity index (χ4n) is 6.53. The maximum Gasteiger partial charge on any atom is 0.366 e. The molecule has 0 unspecified atom stereocenters. The number of esters is 1. The van der Waals surface area contributed by atoms with Gasteiger partial charge in [-0.1, -0.05) is 31.5 Å². The number of carbonyl (C=O) groups is 4. The number of ether oxygens (including phenoxy) is 1. The first-order chi connectivity index (χ1) is 20.8. The van der Waals surface area contributed by atoms with E-state index in [1.807, 2.05) is 13.8 Å². The number of rotatable bonds is 12. The van der Waals surface area contributed by atoms with Crippen LogP contribution in [0.1, 0.15) is 59.3 Å². The summed E-state index contributed by atoms with van der Waals surface area (Å²) in [5, 5.41) is 8.90. The average molecular weight is 641 g/mol. The van der Waals surface area contributed by atoms with Gasteiger partial charge >= 0.3 is 5.97 Å². The number of amides is 3. The molecule has 3 amide bonds. The number of hydrogen-bond donors (Lipinski definition) is 3. The number of piperidine rings is 2. The lowest BCUT2D eigenvalue weighted by molar-refractivity contribution is -0.194. The van der Waals surface area contributed by atoms with Gasteiger partial charge in [-0.25, -0.2) is 13.6 Å². The van der Waals surface area contributed by atoms with Crippen LogP contribution in [0.15, 0.2) is 36.2 Å². The van der Waals surface area contributed by atoms with Crippen molar-refractivity contribution in [2.24, 2.45) is 17.8 Å².